The zero-order chi connectivity index (χ0) is 11.4. The van der Waals surface area contributed by atoms with Crippen molar-refractivity contribution in [1.82, 2.24) is 4.90 Å². The van der Waals surface area contributed by atoms with E-state index in [1.165, 1.54) is 0 Å². The van der Waals surface area contributed by atoms with Crippen LogP contribution in [0.1, 0.15) is 33.6 Å². The molecule has 0 spiro atoms. The summed E-state index contributed by atoms with van der Waals surface area (Å²) in [6, 6.07) is -0.148. The lowest BCUT2D eigenvalue weighted by atomic mass is 10.1. The molecule has 1 rings (SSSR count). The summed E-state index contributed by atoms with van der Waals surface area (Å²) in [6.07, 6.45) is 1.75. The fourth-order valence-electron chi connectivity index (χ4n) is 2.07. The van der Waals surface area contributed by atoms with Crippen molar-refractivity contribution in [1.29, 1.82) is 0 Å². The lowest BCUT2D eigenvalue weighted by Gasteiger charge is -2.40. The summed E-state index contributed by atoms with van der Waals surface area (Å²) < 4.78 is 5.49. The van der Waals surface area contributed by atoms with E-state index >= 15 is 0 Å². The Bertz CT molecular complexity index is 220. The van der Waals surface area contributed by atoms with E-state index < -0.39 is 5.97 Å². The van der Waals surface area contributed by atoms with Crippen molar-refractivity contribution in [2.75, 3.05) is 13.2 Å². The number of carboxylic acids is 1. The van der Waals surface area contributed by atoms with Gasteiger partial charge in [-0.1, -0.05) is 13.3 Å². The maximum atomic E-state index is 11.2. The molecule has 0 aromatic heterocycles. The molecule has 1 N–H and O–H groups in total. The first-order chi connectivity index (χ1) is 7.06. The van der Waals surface area contributed by atoms with Gasteiger partial charge in [-0.2, -0.15) is 0 Å². The van der Waals surface area contributed by atoms with Crippen LogP contribution in [0.15, 0.2) is 0 Å². The minimum absolute atomic E-state index is 0.139. The Morgan fingerprint density at radius 1 is 1.60 bits per heavy atom. The smallest absolute Gasteiger partial charge is 0.320 e. The highest BCUT2D eigenvalue weighted by atomic mass is 16.5. The van der Waals surface area contributed by atoms with E-state index in [-0.39, 0.29) is 18.2 Å². The van der Waals surface area contributed by atoms with Crippen LogP contribution in [0.5, 0.6) is 0 Å². The molecule has 0 amide bonds. The molecule has 1 aliphatic rings. The summed E-state index contributed by atoms with van der Waals surface area (Å²) in [5.74, 6) is -0.710. The van der Waals surface area contributed by atoms with Crippen molar-refractivity contribution in [3.63, 3.8) is 0 Å². The molecule has 15 heavy (non-hydrogen) atoms. The number of hydrogen-bond acceptors (Lipinski definition) is 3. The average Bonchev–Trinajstić information content (AvgIpc) is 2.18. The van der Waals surface area contributed by atoms with Gasteiger partial charge in [0.15, 0.2) is 0 Å². The second kappa shape index (κ2) is 5.47. The van der Waals surface area contributed by atoms with Crippen LogP contribution in [0, 0.1) is 0 Å². The van der Waals surface area contributed by atoms with Crippen LogP contribution in [0.3, 0.4) is 0 Å². The van der Waals surface area contributed by atoms with Crippen molar-refractivity contribution in [2.45, 2.75) is 51.8 Å². The monoisotopic (exact) mass is 215 g/mol. The third-order valence-electron chi connectivity index (χ3n) is 2.90. The predicted octanol–water partition coefficient (Wildman–Crippen LogP) is 1.35. The number of hydrogen-bond donors (Lipinski definition) is 1. The molecule has 0 aromatic rings. The highest BCUT2D eigenvalue weighted by Gasteiger charge is 2.32. The highest BCUT2D eigenvalue weighted by Crippen LogP contribution is 2.18. The summed E-state index contributed by atoms with van der Waals surface area (Å²) >= 11 is 0. The normalized spacial score (nSPS) is 30.1. The Balaban J connectivity index is 2.67. The molecular formula is C11H21NO3. The lowest BCUT2D eigenvalue weighted by molar-refractivity contribution is -0.149. The maximum Gasteiger partial charge on any atom is 0.320 e. The second-order valence-electron chi connectivity index (χ2n) is 4.33. The number of rotatable bonds is 4. The Hall–Kier alpha value is -0.610. The van der Waals surface area contributed by atoms with Gasteiger partial charge < -0.3 is 9.84 Å². The molecule has 3 atom stereocenters. The molecule has 88 valence electrons. The van der Waals surface area contributed by atoms with Gasteiger partial charge in [-0.25, -0.2) is 0 Å². The fourth-order valence-corrected chi connectivity index (χ4v) is 2.07. The highest BCUT2D eigenvalue weighted by molar-refractivity contribution is 5.73. The number of ether oxygens (including phenoxy) is 1. The molecule has 1 aliphatic heterocycles. The van der Waals surface area contributed by atoms with Gasteiger partial charge in [-0.05, 0) is 20.3 Å². The summed E-state index contributed by atoms with van der Waals surface area (Å²) in [5.41, 5.74) is 0. The van der Waals surface area contributed by atoms with E-state index in [0.29, 0.717) is 13.0 Å². The van der Waals surface area contributed by atoms with E-state index in [4.69, 9.17) is 4.74 Å². The molecule has 1 heterocycles. The molecule has 3 unspecified atom stereocenters. The molecule has 1 fully saturated rings. The zero-order valence-corrected chi connectivity index (χ0v) is 9.77. The van der Waals surface area contributed by atoms with Crippen LogP contribution in [0.25, 0.3) is 0 Å². The Labute approximate surface area is 91.2 Å². The Kier molecular flexibility index (Phi) is 4.54. The number of aliphatic carboxylic acids is 1. The van der Waals surface area contributed by atoms with E-state index in [1.54, 1.807) is 0 Å². The minimum atomic E-state index is -0.710. The van der Waals surface area contributed by atoms with Crippen LogP contribution in [0.2, 0.25) is 0 Å². The van der Waals surface area contributed by atoms with E-state index in [0.717, 1.165) is 13.0 Å². The summed E-state index contributed by atoms with van der Waals surface area (Å²) in [4.78, 5) is 13.2. The number of nitrogens with zero attached hydrogens (tertiary/aromatic N) is 1. The molecule has 0 aliphatic carbocycles. The van der Waals surface area contributed by atoms with E-state index in [9.17, 15) is 9.90 Å². The van der Waals surface area contributed by atoms with Gasteiger partial charge in [0.25, 0.3) is 0 Å². The summed E-state index contributed by atoms with van der Waals surface area (Å²) in [6.45, 7) is 7.39. The van der Waals surface area contributed by atoms with Gasteiger partial charge in [0.05, 0.1) is 12.7 Å². The SMILES string of the molecule is CCCC(C(=O)O)N1CC(C)OCC1C. The molecular weight excluding hydrogens is 194 g/mol. The van der Waals surface area contributed by atoms with Gasteiger partial charge in [0, 0.05) is 12.6 Å². The van der Waals surface area contributed by atoms with Crippen LogP contribution >= 0.6 is 0 Å². The van der Waals surface area contributed by atoms with Crippen molar-refractivity contribution >= 4 is 5.97 Å². The predicted molar refractivity (Wildman–Crippen MR) is 57.9 cm³/mol. The van der Waals surface area contributed by atoms with Crippen LogP contribution in [-0.2, 0) is 9.53 Å². The quantitative estimate of drug-likeness (QED) is 0.769. The lowest BCUT2D eigenvalue weighted by Crippen LogP contribution is -2.54. The molecule has 0 saturated carbocycles. The van der Waals surface area contributed by atoms with Gasteiger partial charge in [-0.15, -0.1) is 0 Å². The number of morpholine rings is 1. The Morgan fingerprint density at radius 2 is 2.27 bits per heavy atom. The maximum absolute atomic E-state index is 11.2. The van der Waals surface area contributed by atoms with Gasteiger partial charge in [0.2, 0.25) is 0 Å². The molecule has 4 nitrogen and oxygen atoms in total. The Morgan fingerprint density at radius 3 is 2.80 bits per heavy atom. The van der Waals surface area contributed by atoms with Crippen molar-refractivity contribution < 1.29 is 14.6 Å². The van der Waals surface area contributed by atoms with Crippen molar-refractivity contribution in [3.05, 3.63) is 0 Å². The first-order valence-corrected chi connectivity index (χ1v) is 5.66. The van der Waals surface area contributed by atoms with Crippen LogP contribution in [0.4, 0.5) is 0 Å². The molecule has 4 heteroatoms. The van der Waals surface area contributed by atoms with E-state index in [2.05, 4.69) is 4.90 Å². The van der Waals surface area contributed by atoms with Crippen molar-refractivity contribution in [3.8, 4) is 0 Å². The molecule has 0 bridgehead atoms. The van der Waals surface area contributed by atoms with Gasteiger partial charge in [0.1, 0.15) is 6.04 Å². The first-order valence-electron chi connectivity index (χ1n) is 5.66. The first kappa shape index (κ1) is 12.5. The summed E-state index contributed by atoms with van der Waals surface area (Å²) in [7, 11) is 0. The number of carboxylic acid groups (broad SMARTS) is 1. The second-order valence-corrected chi connectivity index (χ2v) is 4.33. The van der Waals surface area contributed by atoms with Crippen molar-refractivity contribution in [2.24, 2.45) is 0 Å². The topological polar surface area (TPSA) is 49.8 Å². The largest absolute Gasteiger partial charge is 0.480 e. The molecule has 0 radical (unpaired) electrons. The third-order valence-corrected chi connectivity index (χ3v) is 2.90. The van der Waals surface area contributed by atoms with E-state index in [1.807, 2.05) is 20.8 Å². The fraction of sp³-hybridized carbons (Fsp3) is 0.909. The minimum Gasteiger partial charge on any atom is -0.480 e. The van der Waals surface area contributed by atoms with Gasteiger partial charge in [-0.3, -0.25) is 9.69 Å². The molecule has 0 aromatic carbocycles. The summed E-state index contributed by atoms with van der Waals surface area (Å²) in [5, 5.41) is 9.18. The number of carbonyl (C=O) groups is 1. The van der Waals surface area contributed by atoms with Gasteiger partial charge >= 0.3 is 5.97 Å². The standard InChI is InChI=1S/C11H21NO3/c1-4-5-10(11(13)14)12-6-9(3)15-7-8(12)2/h8-10H,4-7H2,1-3H3,(H,13,14). The third kappa shape index (κ3) is 3.18. The average molecular weight is 215 g/mol. The van der Waals surface area contributed by atoms with Crippen LogP contribution in [-0.4, -0.2) is 47.3 Å². The molecule has 1 saturated heterocycles. The zero-order valence-electron chi connectivity index (χ0n) is 9.77. The van der Waals surface area contributed by atoms with Crippen LogP contribution < -0.4 is 0 Å².